The average Bonchev–Trinajstić information content (AvgIpc) is 2.40. The lowest BCUT2D eigenvalue weighted by Gasteiger charge is -2.18. The van der Waals surface area contributed by atoms with Gasteiger partial charge in [0.2, 0.25) is 0 Å². The van der Waals surface area contributed by atoms with E-state index in [9.17, 15) is 0 Å². The van der Waals surface area contributed by atoms with Crippen molar-refractivity contribution in [1.29, 1.82) is 0 Å². The number of aromatic nitrogens is 2. The van der Waals surface area contributed by atoms with E-state index in [1.807, 2.05) is 48.3 Å². The Morgan fingerprint density at radius 1 is 1.18 bits per heavy atom. The van der Waals surface area contributed by atoms with Crippen molar-refractivity contribution in [2.24, 2.45) is 5.73 Å². The maximum Gasteiger partial charge on any atom is 0.136 e. The second-order valence-corrected chi connectivity index (χ2v) is 3.76. The Morgan fingerprint density at radius 3 is 2.65 bits per heavy atom. The lowest BCUT2D eigenvalue weighted by atomic mass is 10.3. The van der Waals surface area contributed by atoms with Gasteiger partial charge in [0.15, 0.2) is 0 Å². The van der Waals surface area contributed by atoms with Crippen molar-refractivity contribution in [3.8, 4) is 0 Å². The third kappa shape index (κ3) is 2.79. The van der Waals surface area contributed by atoms with Gasteiger partial charge in [0.1, 0.15) is 11.6 Å². The van der Waals surface area contributed by atoms with Gasteiger partial charge in [-0.05, 0) is 24.7 Å². The zero-order valence-corrected chi connectivity index (χ0v) is 9.87. The second kappa shape index (κ2) is 5.41. The highest BCUT2D eigenvalue weighted by Gasteiger charge is 2.05. The Bertz CT molecular complexity index is 470. The van der Waals surface area contributed by atoms with Gasteiger partial charge in [-0.1, -0.05) is 18.2 Å². The van der Waals surface area contributed by atoms with E-state index in [1.165, 1.54) is 0 Å². The summed E-state index contributed by atoms with van der Waals surface area (Å²) in [5, 5.41) is 0. The summed E-state index contributed by atoms with van der Waals surface area (Å²) in [6.45, 7) is 0.568. The molecule has 0 atom stereocenters. The van der Waals surface area contributed by atoms with Crippen LogP contribution in [0.5, 0.6) is 0 Å². The first-order valence-corrected chi connectivity index (χ1v) is 5.62. The molecule has 0 radical (unpaired) electrons. The first-order valence-electron chi connectivity index (χ1n) is 5.62. The third-order valence-corrected chi connectivity index (χ3v) is 2.55. The molecule has 0 saturated carbocycles. The van der Waals surface area contributed by atoms with Crippen LogP contribution in [-0.2, 0) is 6.42 Å². The van der Waals surface area contributed by atoms with Crippen LogP contribution in [0.15, 0.2) is 42.6 Å². The van der Waals surface area contributed by atoms with E-state index in [2.05, 4.69) is 9.97 Å². The van der Waals surface area contributed by atoms with Crippen LogP contribution in [0.3, 0.4) is 0 Å². The minimum atomic E-state index is 0.568. The lowest BCUT2D eigenvalue weighted by molar-refractivity contribution is 0.862. The molecule has 4 nitrogen and oxygen atoms in total. The van der Waals surface area contributed by atoms with Gasteiger partial charge in [-0.2, -0.15) is 0 Å². The van der Waals surface area contributed by atoms with Crippen LogP contribution in [-0.4, -0.2) is 23.6 Å². The van der Waals surface area contributed by atoms with Crippen molar-refractivity contribution in [1.82, 2.24) is 9.97 Å². The summed E-state index contributed by atoms with van der Waals surface area (Å²) in [7, 11) is 1.99. The maximum absolute atomic E-state index is 5.50. The zero-order chi connectivity index (χ0) is 12.1. The molecular formula is C13H16N4. The molecule has 1 heterocycles. The zero-order valence-electron chi connectivity index (χ0n) is 9.87. The predicted octanol–water partition coefficient (Wildman–Crippen LogP) is 1.75. The molecule has 2 aromatic rings. The van der Waals surface area contributed by atoms with Gasteiger partial charge in [-0.15, -0.1) is 0 Å². The predicted molar refractivity (Wildman–Crippen MR) is 69.3 cm³/mol. The summed E-state index contributed by atoms with van der Waals surface area (Å²) < 4.78 is 0. The minimum absolute atomic E-state index is 0.568. The van der Waals surface area contributed by atoms with Gasteiger partial charge in [-0.25, -0.2) is 9.97 Å². The van der Waals surface area contributed by atoms with E-state index >= 15 is 0 Å². The molecule has 0 bridgehead atoms. The van der Waals surface area contributed by atoms with Crippen LogP contribution in [0.2, 0.25) is 0 Å². The molecule has 0 fully saturated rings. The quantitative estimate of drug-likeness (QED) is 0.866. The van der Waals surface area contributed by atoms with Gasteiger partial charge in [0, 0.05) is 25.4 Å². The van der Waals surface area contributed by atoms with Crippen molar-refractivity contribution in [2.75, 3.05) is 18.5 Å². The molecule has 0 aliphatic rings. The van der Waals surface area contributed by atoms with E-state index in [-0.39, 0.29) is 0 Å². The van der Waals surface area contributed by atoms with Gasteiger partial charge in [-0.3, -0.25) is 0 Å². The monoisotopic (exact) mass is 228 g/mol. The first kappa shape index (κ1) is 11.5. The Morgan fingerprint density at radius 2 is 1.94 bits per heavy atom. The Labute approximate surface area is 101 Å². The standard InChI is InChI=1S/C13H16N4/c1-17(11-5-3-2-4-6-11)13-8-10-15-12(16-13)7-9-14/h2-6,8,10H,7,9,14H2,1H3. The van der Waals surface area contributed by atoms with Crippen molar-refractivity contribution in [3.05, 3.63) is 48.4 Å². The molecule has 0 saturated heterocycles. The van der Waals surface area contributed by atoms with Crippen LogP contribution in [0.4, 0.5) is 11.5 Å². The molecule has 2 N–H and O–H groups in total. The molecule has 0 amide bonds. The van der Waals surface area contributed by atoms with E-state index in [0.29, 0.717) is 13.0 Å². The summed E-state index contributed by atoms with van der Waals surface area (Å²) in [5.41, 5.74) is 6.61. The number of hydrogen-bond acceptors (Lipinski definition) is 4. The number of hydrogen-bond donors (Lipinski definition) is 1. The molecule has 4 heteroatoms. The fourth-order valence-electron chi connectivity index (χ4n) is 1.61. The number of para-hydroxylation sites is 1. The smallest absolute Gasteiger partial charge is 0.136 e. The Hall–Kier alpha value is -1.94. The molecule has 0 aliphatic heterocycles. The SMILES string of the molecule is CN(c1ccccc1)c1ccnc(CCN)n1. The van der Waals surface area contributed by atoms with Gasteiger partial charge in [0.25, 0.3) is 0 Å². The molecule has 0 unspecified atom stereocenters. The third-order valence-electron chi connectivity index (χ3n) is 2.55. The summed E-state index contributed by atoms with van der Waals surface area (Å²) in [4.78, 5) is 10.7. The van der Waals surface area contributed by atoms with Gasteiger partial charge < -0.3 is 10.6 Å². The fourth-order valence-corrected chi connectivity index (χ4v) is 1.61. The van der Waals surface area contributed by atoms with Crippen molar-refractivity contribution < 1.29 is 0 Å². The maximum atomic E-state index is 5.50. The summed E-state index contributed by atoms with van der Waals surface area (Å²) in [6.07, 6.45) is 2.48. The second-order valence-electron chi connectivity index (χ2n) is 3.76. The lowest BCUT2D eigenvalue weighted by Crippen LogP contribution is -2.13. The summed E-state index contributed by atoms with van der Waals surface area (Å²) in [6, 6.07) is 12.0. The summed E-state index contributed by atoms with van der Waals surface area (Å²) >= 11 is 0. The number of nitrogens with two attached hydrogens (primary N) is 1. The Balaban J connectivity index is 2.25. The van der Waals surface area contributed by atoms with Gasteiger partial charge in [0.05, 0.1) is 0 Å². The summed E-state index contributed by atoms with van der Waals surface area (Å²) in [5.74, 6) is 1.67. The van der Waals surface area contributed by atoms with Crippen LogP contribution >= 0.6 is 0 Å². The molecule has 17 heavy (non-hydrogen) atoms. The van der Waals surface area contributed by atoms with Crippen molar-refractivity contribution >= 4 is 11.5 Å². The molecule has 1 aromatic carbocycles. The number of anilines is 2. The molecule has 2 rings (SSSR count). The van der Waals surface area contributed by atoms with Crippen LogP contribution in [0.25, 0.3) is 0 Å². The Kier molecular flexibility index (Phi) is 3.67. The van der Waals surface area contributed by atoms with Crippen molar-refractivity contribution in [3.63, 3.8) is 0 Å². The molecule has 1 aromatic heterocycles. The highest BCUT2D eigenvalue weighted by molar-refractivity contribution is 5.58. The normalized spacial score (nSPS) is 10.2. The van der Waals surface area contributed by atoms with E-state index < -0.39 is 0 Å². The molecule has 0 spiro atoms. The van der Waals surface area contributed by atoms with Crippen LogP contribution in [0.1, 0.15) is 5.82 Å². The first-order chi connectivity index (χ1) is 8.31. The largest absolute Gasteiger partial charge is 0.330 e. The van der Waals surface area contributed by atoms with E-state index in [0.717, 1.165) is 17.3 Å². The van der Waals surface area contributed by atoms with E-state index in [4.69, 9.17) is 5.73 Å². The van der Waals surface area contributed by atoms with Crippen LogP contribution in [0, 0.1) is 0 Å². The van der Waals surface area contributed by atoms with E-state index in [1.54, 1.807) is 6.20 Å². The van der Waals surface area contributed by atoms with Crippen LogP contribution < -0.4 is 10.6 Å². The van der Waals surface area contributed by atoms with Crippen molar-refractivity contribution in [2.45, 2.75) is 6.42 Å². The topological polar surface area (TPSA) is 55.0 Å². The number of rotatable bonds is 4. The molecule has 88 valence electrons. The number of benzene rings is 1. The molecule has 0 aliphatic carbocycles. The fraction of sp³-hybridized carbons (Fsp3) is 0.231. The highest BCUT2D eigenvalue weighted by Crippen LogP contribution is 2.20. The molecular weight excluding hydrogens is 212 g/mol. The van der Waals surface area contributed by atoms with Gasteiger partial charge >= 0.3 is 0 Å². The average molecular weight is 228 g/mol. The number of nitrogens with zero attached hydrogens (tertiary/aromatic N) is 3. The minimum Gasteiger partial charge on any atom is -0.330 e. The highest BCUT2D eigenvalue weighted by atomic mass is 15.2.